The lowest BCUT2D eigenvalue weighted by atomic mass is 9.94. The minimum Gasteiger partial charge on any atom is -0.340 e. The zero-order valence-electron chi connectivity index (χ0n) is 13.5. The topological polar surface area (TPSA) is 3.24 Å². The van der Waals surface area contributed by atoms with E-state index in [1.807, 2.05) is 37.3 Å². The fourth-order valence-corrected chi connectivity index (χ4v) is 3.36. The van der Waals surface area contributed by atoms with E-state index in [9.17, 15) is 13.2 Å². The fourth-order valence-electron chi connectivity index (χ4n) is 2.91. The van der Waals surface area contributed by atoms with E-state index in [1.54, 1.807) is 11.0 Å². The van der Waals surface area contributed by atoms with E-state index >= 15 is 0 Å². The van der Waals surface area contributed by atoms with Crippen LogP contribution < -0.4 is 0 Å². The van der Waals surface area contributed by atoms with Crippen LogP contribution in [-0.2, 0) is 0 Å². The molecule has 5 heteroatoms. The minimum atomic E-state index is -0.949. The van der Waals surface area contributed by atoms with Gasteiger partial charge in [-0.05, 0) is 34.5 Å². The Hall–Kier alpha value is -2.27. The van der Waals surface area contributed by atoms with Gasteiger partial charge in [0.25, 0.3) is 0 Å². The first-order valence-electron chi connectivity index (χ1n) is 7.72. The summed E-state index contributed by atoms with van der Waals surface area (Å²) in [6.07, 6.45) is 1.78. The number of hydrogen-bond acceptors (Lipinski definition) is 1. The predicted octanol–water partition coefficient (Wildman–Crippen LogP) is 6.10. The summed E-state index contributed by atoms with van der Waals surface area (Å²) < 4.78 is 43.1. The molecule has 0 aromatic heterocycles. The third-order valence-electron chi connectivity index (χ3n) is 4.04. The van der Waals surface area contributed by atoms with Gasteiger partial charge in [0.2, 0.25) is 0 Å². The van der Waals surface area contributed by atoms with Crippen LogP contribution in [0.5, 0.6) is 0 Å². The molecule has 3 rings (SSSR count). The molecule has 1 nitrogen and oxygen atoms in total. The number of halogens is 4. The van der Waals surface area contributed by atoms with Gasteiger partial charge in [0.05, 0.1) is 11.3 Å². The SMILES string of the molecule is C=C1C(Br)=CC(c2ccccc2)=C(c2c(F)cc(F)cc2F)N1CC. The van der Waals surface area contributed by atoms with E-state index in [1.165, 1.54) is 0 Å². The van der Waals surface area contributed by atoms with Crippen molar-refractivity contribution in [3.63, 3.8) is 0 Å². The van der Waals surface area contributed by atoms with Gasteiger partial charge >= 0.3 is 0 Å². The Balaban J connectivity index is 2.38. The van der Waals surface area contributed by atoms with Gasteiger partial charge < -0.3 is 4.90 Å². The molecule has 0 aliphatic carbocycles. The van der Waals surface area contributed by atoms with Gasteiger partial charge in [-0.15, -0.1) is 0 Å². The summed E-state index contributed by atoms with van der Waals surface area (Å²) in [5, 5.41) is 0. The van der Waals surface area contributed by atoms with Gasteiger partial charge in [0, 0.05) is 34.4 Å². The Morgan fingerprint density at radius 3 is 2.20 bits per heavy atom. The first kappa shape index (κ1) is 17.5. The summed E-state index contributed by atoms with van der Waals surface area (Å²) in [5.74, 6) is -2.84. The molecule has 1 aliphatic rings. The van der Waals surface area contributed by atoms with E-state index in [4.69, 9.17) is 0 Å². The molecule has 0 fully saturated rings. The van der Waals surface area contributed by atoms with Crippen molar-refractivity contribution in [1.29, 1.82) is 0 Å². The monoisotopic (exact) mass is 405 g/mol. The highest BCUT2D eigenvalue weighted by molar-refractivity contribution is 9.12. The Morgan fingerprint density at radius 1 is 1.04 bits per heavy atom. The van der Waals surface area contributed by atoms with Gasteiger partial charge in [0.1, 0.15) is 17.5 Å². The van der Waals surface area contributed by atoms with Crippen LogP contribution in [0.3, 0.4) is 0 Å². The fraction of sp³-hybridized carbons (Fsp3) is 0.100. The van der Waals surface area contributed by atoms with Crippen molar-refractivity contribution in [2.24, 2.45) is 0 Å². The first-order chi connectivity index (χ1) is 11.9. The van der Waals surface area contributed by atoms with Crippen LogP contribution in [0.15, 0.2) is 65.3 Å². The second-order valence-electron chi connectivity index (χ2n) is 5.56. The van der Waals surface area contributed by atoms with Crippen LogP contribution in [0, 0.1) is 17.5 Å². The lowest BCUT2D eigenvalue weighted by Gasteiger charge is -2.34. The molecule has 0 radical (unpaired) electrons. The maximum Gasteiger partial charge on any atom is 0.138 e. The first-order valence-corrected chi connectivity index (χ1v) is 8.52. The molecule has 1 heterocycles. The molecule has 0 unspecified atom stereocenters. The maximum absolute atomic E-state index is 14.5. The highest BCUT2D eigenvalue weighted by Crippen LogP contribution is 2.42. The van der Waals surface area contributed by atoms with Crippen LogP contribution in [0.4, 0.5) is 13.2 Å². The molecule has 0 spiro atoms. The molecule has 25 heavy (non-hydrogen) atoms. The normalized spacial score (nSPS) is 14.8. The van der Waals surface area contributed by atoms with Crippen LogP contribution in [0.2, 0.25) is 0 Å². The molecule has 2 aromatic carbocycles. The molecule has 128 valence electrons. The van der Waals surface area contributed by atoms with Crippen LogP contribution in [0.25, 0.3) is 11.3 Å². The zero-order chi connectivity index (χ0) is 18.1. The number of rotatable bonds is 3. The number of nitrogens with zero attached hydrogens (tertiary/aromatic N) is 1. The zero-order valence-corrected chi connectivity index (χ0v) is 15.1. The van der Waals surface area contributed by atoms with Crippen LogP contribution in [0.1, 0.15) is 18.1 Å². The molecule has 0 N–H and O–H groups in total. The quantitative estimate of drug-likeness (QED) is 0.596. The van der Waals surface area contributed by atoms with Crippen molar-refractivity contribution in [3.05, 3.63) is 93.9 Å². The van der Waals surface area contributed by atoms with E-state index < -0.39 is 17.5 Å². The van der Waals surface area contributed by atoms with Crippen LogP contribution >= 0.6 is 15.9 Å². The second kappa shape index (κ2) is 6.92. The highest BCUT2D eigenvalue weighted by atomic mass is 79.9. The van der Waals surface area contributed by atoms with Gasteiger partial charge in [-0.3, -0.25) is 0 Å². The lowest BCUT2D eigenvalue weighted by Crippen LogP contribution is -2.25. The van der Waals surface area contributed by atoms with Gasteiger partial charge in [-0.1, -0.05) is 36.9 Å². The third-order valence-corrected chi connectivity index (χ3v) is 4.73. The van der Waals surface area contributed by atoms with Crippen molar-refractivity contribution in [2.75, 3.05) is 6.54 Å². The molecule has 0 saturated heterocycles. The Labute approximate surface area is 152 Å². The Kier molecular flexibility index (Phi) is 4.86. The van der Waals surface area contributed by atoms with E-state index in [2.05, 4.69) is 22.5 Å². The summed E-state index contributed by atoms with van der Waals surface area (Å²) in [6, 6.07) is 10.6. The standard InChI is InChI=1S/C20H15BrF3N/c1-3-25-12(2)16(21)11-15(13-7-5-4-6-8-13)20(25)19-17(23)9-14(22)10-18(19)24/h4-11H,2-3H2,1H3. The molecule has 0 saturated carbocycles. The lowest BCUT2D eigenvalue weighted by molar-refractivity contribution is 0.500. The van der Waals surface area contributed by atoms with Crippen molar-refractivity contribution in [2.45, 2.75) is 6.92 Å². The van der Waals surface area contributed by atoms with Gasteiger partial charge in [-0.25, -0.2) is 13.2 Å². The van der Waals surface area contributed by atoms with Gasteiger partial charge in [0.15, 0.2) is 0 Å². The molecule has 0 atom stereocenters. The number of hydrogen-bond donors (Lipinski definition) is 0. The summed E-state index contributed by atoms with van der Waals surface area (Å²) in [4.78, 5) is 1.71. The smallest absolute Gasteiger partial charge is 0.138 e. The minimum absolute atomic E-state index is 0.264. The summed E-state index contributed by atoms with van der Waals surface area (Å²) >= 11 is 3.46. The van der Waals surface area contributed by atoms with Crippen molar-refractivity contribution in [3.8, 4) is 0 Å². The maximum atomic E-state index is 14.5. The predicted molar refractivity (Wildman–Crippen MR) is 98.1 cm³/mol. The van der Waals surface area contributed by atoms with E-state index in [0.29, 0.717) is 35.6 Å². The average molecular weight is 406 g/mol. The van der Waals surface area contributed by atoms with Crippen molar-refractivity contribution >= 4 is 27.2 Å². The average Bonchev–Trinajstić information content (AvgIpc) is 2.58. The number of likely N-dealkylation sites (N-methyl/N-ethyl adjacent to an activating group) is 1. The third kappa shape index (κ3) is 3.16. The van der Waals surface area contributed by atoms with Crippen LogP contribution in [-0.4, -0.2) is 11.4 Å². The molecular formula is C20H15BrF3N. The van der Waals surface area contributed by atoms with Crippen molar-refractivity contribution in [1.82, 2.24) is 4.90 Å². The summed E-state index contributed by atoms with van der Waals surface area (Å²) in [7, 11) is 0. The molecular weight excluding hydrogens is 391 g/mol. The molecule has 2 aromatic rings. The van der Waals surface area contributed by atoms with Crippen molar-refractivity contribution < 1.29 is 13.2 Å². The van der Waals surface area contributed by atoms with Gasteiger partial charge in [-0.2, -0.15) is 0 Å². The summed E-state index contributed by atoms with van der Waals surface area (Å²) in [6.45, 7) is 6.29. The molecule has 0 bridgehead atoms. The van der Waals surface area contributed by atoms with E-state index in [-0.39, 0.29) is 5.56 Å². The molecule has 1 aliphatic heterocycles. The van der Waals surface area contributed by atoms with E-state index in [0.717, 1.165) is 10.0 Å². The number of benzene rings is 2. The Bertz CT molecular complexity index is 877. The highest BCUT2D eigenvalue weighted by Gasteiger charge is 2.28. The number of allylic oxidation sites excluding steroid dienone is 3. The summed E-state index contributed by atoms with van der Waals surface area (Å²) in [5.41, 5.74) is 2.08. The second-order valence-corrected chi connectivity index (χ2v) is 6.41. The Morgan fingerprint density at radius 2 is 1.64 bits per heavy atom. The largest absolute Gasteiger partial charge is 0.340 e. The molecule has 0 amide bonds.